The zero-order valence-corrected chi connectivity index (χ0v) is 19.4. The lowest BCUT2D eigenvalue weighted by atomic mass is 10.0. The van der Waals surface area contributed by atoms with Crippen LogP contribution in [0.5, 0.6) is 5.75 Å². The maximum Gasteiger partial charge on any atom is 0.191 e. The summed E-state index contributed by atoms with van der Waals surface area (Å²) in [5.41, 5.74) is 2.37. The number of pyridine rings is 1. The van der Waals surface area contributed by atoms with Crippen LogP contribution in [0.4, 0.5) is 5.82 Å². The van der Waals surface area contributed by atoms with Gasteiger partial charge in [-0.3, -0.25) is 9.89 Å². The van der Waals surface area contributed by atoms with Gasteiger partial charge in [-0.05, 0) is 56.5 Å². The number of hydrogen-bond acceptors (Lipinski definition) is 5. The zero-order chi connectivity index (χ0) is 22.2. The Morgan fingerprint density at radius 3 is 2.47 bits per heavy atom. The van der Waals surface area contributed by atoms with Crippen LogP contribution in [0.15, 0.2) is 47.6 Å². The molecule has 3 heterocycles. The molecule has 1 atom stereocenters. The first-order chi connectivity index (χ1) is 15.8. The van der Waals surface area contributed by atoms with Crippen LogP contribution in [0.3, 0.4) is 0 Å². The number of para-hydroxylation sites is 1. The monoisotopic (exact) mass is 436 g/mol. The highest BCUT2D eigenvalue weighted by molar-refractivity contribution is 5.79. The van der Waals surface area contributed by atoms with E-state index in [4.69, 9.17) is 4.74 Å². The predicted octanol–water partition coefficient (Wildman–Crippen LogP) is 3.19. The highest BCUT2D eigenvalue weighted by atomic mass is 16.5. The third-order valence-corrected chi connectivity index (χ3v) is 6.46. The summed E-state index contributed by atoms with van der Waals surface area (Å²) in [6.07, 6.45) is 6.99. The zero-order valence-electron chi connectivity index (χ0n) is 19.4. The SMILES string of the molecule is CN=C(NCc1ccc(N2CCCC2)nc1)NCC(c1ccccc1OC)N1CCCC1. The lowest BCUT2D eigenvalue weighted by Gasteiger charge is -2.30. The number of guanidine groups is 1. The van der Waals surface area contributed by atoms with Crippen LogP contribution in [0.2, 0.25) is 0 Å². The second-order valence-electron chi connectivity index (χ2n) is 8.53. The lowest BCUT2D eigenvalue weighted by Crippen LogP contribution is -2.42. The van der Waals surface area contributed by atoms with Gasteiger partial charge in [0.2, 0.25) is 0 Å². The van der Waals surface area contributed by atoms with Crippen molar-refractivity contribution in [2.24, 2.45) is 4.99 Å². The van der Waals surface area contributed by atoms with Crippen LogP contribution >= 0.6 is 0 Å². The van der Waals surface area contributed by atoms with Gasteiger partial charge in [0.05, 0.1) is 13.2 Å². The van der Waals surface area contributed by atoms with Gasteiger partial charge in [-0.2, -0.15) is 0 Å². The summed E-state index contributed by atoms with van der Waals surface area (Å²) < 4.78 is 5.66. The first kappa shape index (κ1) is 22.4. The summed E-state index contributed by atoms with van der Waals surface area (Å²) in [6, 6.07) is 12.9. The molecular formula is C25H36N6O. The molecule has 0 radical (unpaired) electrons. The molecule has 2 aromatic rings. The van der Waals surface area contributed by atoms with E-state index in [2.05, 4.69) is 54.7 Å². The number of benzene rings is 1. The Hall–Kier alpha value is -2.80. The second kappa shape index (κ2) is 11.2. The topological polar surface area (TPSA) is 65.0 Å². The van der Waals surface area contributed by atoms with Crippen molar-refractivity contribution < 1.29 is 4.74 Å². The maximum absolute atomic E-state index is 5.66. The van der Waals surface area contributed by atoms with E-state index in [1.165, 1.54) is 31.2 Å². The summed E-state index contributed by atoms with van der Waals surface area (Å²) in [5.74, 6) is 2.82. The third-order valence-electron chi connectivity index (χ3n) is 6.46. The van der Waals surface area contributed by atoms with Gasteiger partial charge in [0, 0.05) is 45.0 Å². The number of rotatable bonds is 8. The Kier molecular flexibility index (Phi) is 7.82. The summed E-state index contributed by atoms with van der Waals surface area (Å²) in [4.78, 5) is 14.0. The molecule has 0 bridgehead atoms. The van der Waals surface area contributed by atoms with Crippen molar-refractivity contribution in [2.45, 2.75) is 38.3 Å². The van der Waals surface area contributed by atoms with E-state index in [-0.39, 0.29) is 6.04 Å². The number of anilines is 1. The van der Waals surface area contributed by atoms with Gasteiger partial charge in [0.15, 0.2) is 5.96 Å². The maximum atomic E-state index is 5.66. The van der Waals surface area contributed by atoms with Crippen molar-refractivity contribution in [3.05, 3.63) is 53.7 Å². The molecule has 32 heavy (non-hydrogen) atoms. The largest absolute Gasteiger partial charge is 0.496 e. The molecule has 0 amide bonds. The average molecular weight is 437 g/mol. The molecular weight excluding hydrogens is 400 g/mol. The van der Waals surface area contributed by atoms with Crippen LogP contribution in [-0.4, -0.2) is 62.7 Å². The van der Waals surface area contributed by atoms with Crippen LogP contribution in [-0.2, 0) is 6.54 Å². The quantitative estimate of drug-likeness (QED) is 0.489. The molecule has 0 saturated carbocycles. The Morgan fingerprint density at radius 2 is 1.78 bits per heavy atom. The van der Waals surface area contributed by atoms with Crippen LogP contribution < -0.4 is 20.3 Å². The fraction of sp³-hybridized carbons (Fsp3) is 0.520. The van der Waals surface area contributed by atoms with E-state index in [0.29, 0.717) is 6.54 Å². The molecule has 7 heteroatoms. The lowest BCUT2D eigenvalue weighted by molar-refractivity contribution is 0.239. The highest BCUT2D eigenvalue weighted by Gasteiger charge is 2.26. The summed E-state index contributed by atoms with van der Waals surface area (Å²) in [5, 5.41) is 6.97. The molecule has 1 aromatic carbocycles. The normalized spacial score (nSPS) is 18.1. The minimum absolute atomic E-state index is 0.244. The molecule has 2 fully saturated rings. The molecule has 0 spiro atoms. The van der Waals surface area contributed by atoms with Gasteiger partial charge in [0.25, 0.3) is 0 Å². The fourth-order valence-corrected chi connectivity index (χ4v) is 4.69. The molecule has 2 aliphatic heterocycles. The second-order valence-corrected chi connectivity index (χ2v) is 8.53. The molecule has 2 N–H and O–H groups in total. The number of aliphatic imine (C=N–C) groups is 1. The molecule has 1 aromatic heterocycles. The number of ether oxygens (including phenoxy) is 1. The Bertz CT molecular complexity index is 872. The molecule has 1 unspecified atom stereocenters. The van der Waals surface area contributed by atoms with Crippen molar-refractivity contribution in [2.75, 3.05) is 51.8 Å². The van der Waals surface area contributed by atoms with E-state index in [9.17, 15) is 0 Å². The smallest absolute Gasteiger partial charge is 0.191 e. The number of aromatic nitrogens is 1. The summed E-state index contributed by atoms with van der Waals surface area (Å²) in [7, 11) is 3.56. The highest BCUT2D eigenvalue weighted by Crippen LogP contribution is 2.31. The van der Waals surface area contributed by atoms with Gasteiger partial charge in [-0.15, -0.1) is 0 Å². The van der Waals surface area contributed by atoms with Crippen molar-refractivity contribution >= 4 is 11.8 Å². The average Bonchev–Trinajstić information content (AvgIpc) is 3.57. The van der Waals surface area contributed by atoms with Gasteiger partial charge in [0.1, 0.15) is 11.6 Å². The van der Waals surface area contributed by atoms with Crippen LogP contribution in [0, 0.1) is 0 Å². The number of nitrogens with zero attached hydrogens (tertiary/aromatic N) is 4. The van der Waals surface area contributed by atoms with Gasteiger partial charge >= 0.3 is 0 Å². The van der Waals surface area contributed by atoms with E-state index in [1.54, 1.807) is 7.11 Å². The number of hydrogen-bond donors (Lipinski definition) is 2. The first-order valence-corrected chi connectivity index (χ1v) is 11.8. The minimum Gasteiger partial charge on any atom is -0.496 e. The van der Waals surface area contributed by atoms with E-state index in [0.717, 1.165) is 55.8 Å². The van der Waals surface area contributed by atoms with E-state index >= 15 is 0 Å². The fourth-order valence-electron chi connectivity index (χ4n) is 4.69. The molecule has 4 rings (SSSR count). The predicted molar refractivity (Wildman–Crippen MR) is 130 cm³/mol. The number of nitrogens with one attached hydrogen (secondary N) is 2. The summed E-state index contributed by atoms with van der Waals surface area (Å²) in [6.45, 7) is 5.93. The molecule has 2 aliphatic rings. The molecule has 172 valence electrons. The van der Waals surface area contributed by atoms with Crippen molar-refractivity contribution in [1.82, 2.24) is 20.5 Å². The van der Waals surface area contributed by atoms with Crippen LogP contribution in [0.25, 0.3) is 0 Å². The standard InChI is InChI=1S/C25H36N6O/c1-26-25(28-18-20-11-12-24(27-17-20)31-15-7-8-16-31)29-19-22(30-13-5-6-14-30)21-9-3-4-10-23(21)32-2/h3-4,9-12,17,22H,5-8,13-16,18-19H2,1-2H3,(H2,26,28,29). The molecule has 7 nitrogen and oxygen atoms in total. The summed E-state index contributed by atoms with van der Waals surface area (Å²) >= 11 is 0. The van der Waals surface area contributed by atoms with Crippen molar-refractivity contribution in [1.29, 1.82) is 0 Å². The van der Waals surface area contributed by atoms with Gasteiger partial charge in [-0.25, -0.2) is 4.98 Å². The number of methoxy groups -OCH3 is 1. The van der Waals surface area contributed by atoms with E-state index in [1.807, 2.05) is 25.4 Å². The Labute approximate surface area is 191 Å². The van der Waals surface area contributed by atoms with Crippen molar-refractivity contribution in [3.63, 3.8) is 0 Å². The van der Waals surface area contributed by atoms with Crippen molar-refractivity contribution in [3.8, 4) is 5.75 Å². The number of likely N-dealkylation sites (tertiary alicyclic amines) is 1. The molecule has 0 aliphatic carbocycles. The molecule has 2 saturated heterocycles. The third kappa shape index (κ3) is 5.51. The minimum atomic E-state index is 0.244. The van der Waals surface area contributed by atoms with E-state index < -0.39 is 0 Å². The van der Waals surface area contributed by atoms with Gasteiger partial charge in [-0.1, -0.05) is 24.3 Å². The first-order valence-electron chi connectivity index (χ1n) is 11.8. The Morgan fingerprint density at radius 1 is 1.03 bits per heavy atom. The Balaban J connectivity index is 1.35. The van der Waals surface area contributed by atoms with Gasteiger partial charge < -0.3 is 20.3 Å². The van der Waals surface area contributed by atoms with Crippen LogP contribution in [0.1, 0.15) is 42.9 Å².